The van der Waals surface area contributed by atoms with Gasteiger partial charge < -0.3 is 20.4 Å². The minimum atomic E-state index is -4.90. The van der Waals surface area contributed by atoms with E-state index in [4.69, 9.17) is 4.11 Å². The highest BCUT2D eigenvalue weighted by Crippen LogP contribution is 2.46. The minimum Gasteiger partial charge on any atom is -0.368 e. The van der Waals surface area contributed by atoms with E-state index in [9.17, 15) is 26.4 Å². The molecule has 2 bridgehead atoms. The molecule has 0 radical (unpaired) electrons. The number of carbonyl (C=O) groups excluding carboxylic acids is 1. The lowest BCUT2D eigenvalue weighted by atomic mass is 9.90. The molecule has 2 N–H and O–H groups in total. The normalized spacial score (nSPS) is 25.0. The van der Waals surface area contributed by atoms with Crippen LogP contribution in [-0.4, -0.2) is 73.6 Å². The number of hydrogen-bond acceptors (Lipinski definition) is 9. The largest absolute Gasteiger partial charge is 0.420 e. The Labute approximate surface area is 242 Å². The minimum absolute atomic E-state index is 0.132. The van der Waals surface area contributed by atoms with Crippen molar-refractivity contribution in [2.45, 2.75) is 48.3 Å². The maximum Gasteiger partial charge on any atom is 0.420 e. The quantitative estimate of drug-likeness (QED) is 0.444. The van der Waals surface area contributed by atoms with Gasteiger partial charge >= 0.3 is 6.18 Å². The molecule has 9 nitrogen and oxygen atoms in total. The second-order valence-electron chi connectivity index (χ2n) is 10.9. The number of thiophene rings is 1. The van der Waals surface area contributed by atoms with Crippen LogP contribution in [-0.2, 0) is 16.0 Å². The third-order valence-electron chi connectivity index (χ3n) is 7.97. The van der Waals surface area contributed by atoms with Crippen molar-refractivity contribution in [3.63, 3.8) is 0 Å². The van der Waals surface area contributed by atoms with Crippen molar-refractivity contribution in [1.82, 2.24) is 20.2 Å². The van der Waals surface area contributed by atoms with Crippen LogP contribution < -0.4 is 15.5 Å². The summed E-state index contributed by atoms with van der Waals surface area (Å²) in [4.78, 5) is 22.8. The number of benzene rings is 1. The molecule has 2 aromatic heterocycles. The molecule has 1 aromatic carbocycles. The summed E-state index contributed by atoms with van der Waals surface area (Å²) in [6, 6.07) is 7.87. The summed E-state index contributed by atoms with van der Waals surface area (Å²) in [5, 5.41) is 6.58. The summed E-state index contributed by atoms with van der Waals surface area (Å²) >= 11 is 0.468. The summed E-state index contributed by atoms with van der Waals surface area (Å²) in [6.45, 7) is -1.68. The predicted molar refractivity (Wildman–Crippen MR) is 149 cm³/mol. The van der Waals surface area contributed by atoms with Crippen LogP contribution >= 0.6 is 11.3 Å². The van der Waals surface area contributed by atoms with E-state index >= 15 is 0 Å². The second kappa shape index (κ2) is 9.39. The number of piperidine rings is 1. The smallest absolute Gasteiger partial charge is 0.368 e. The van der Waals surface area contributed by atoms with Gasteiger partial charge in [-0.2, -0.15) is 13.2 Å². The Hall–Kier alpha value is -3.23. The van der Waals surface area contributed by atoms with E-state index in [2.05, 4.69) is 31.6 Å². The molecule has 0 spiro atoms. The number of aromatic nitrogens is 2. The predicted octanol–water partition coefficient (Wildman–Crippen LogP) is 4.25. The SMILES string of the molecule is [2H]C([2H])([2H])N1CCS(=O)(=O)c2cc(-c3nc(Nc4ccc(N5CC6CC(C5)N6)cc4C4CC4)ncc3C(F)(F)F)sc2C1=O. The van der Waals surface area contributed by atoms with Gasteiger partial charge in [-0.3, -0.25) is 4.79 Å². The Balaban J connectivity index is 1.26. The van der Waals surface area contributed by atoms with Crippen LogP contribution in [0.4, 0.5) is 30.5 Å². The first-order chi connectivity index (χ1) is 20.7. The standard InChI is InChI=1S/C27H27F3N6O3S2/c1-35-6-7-41(38,39)22-10-21(40-24(22)25(35)37)23-19(27(28,29)30)11-31-26(34-23)33-20-5-4-17(9-18(20)14-2-3-14)36-12-15-8-16(13-36)32-15/h4-5,9-11,14-16,32H,2-3,6-8,12-13H2,1H3,(H,31,33,34)/i1D3. The molecule has 4 aliphatic heterocycles. The molecule has 2 atom stereocenters. The zero-order valence-electron chi connectivity index (χ0n) is 24.5. The number of carbonyl (C=O) groups is 1. The lowest BCUT2D eigenvalue weighted by Gasteiger charge is -2.49. The molecule has 2 unspecified atom stereocenters. The Morgan fingerprint density at radius 3 is 2.63 bits per heavy atom. The molecule has 1 amide bonds. The Bertz CT molecular complexity index is 1760. The summed E-state index contributed by atoms with van der Waals surface area (Å²) in [5.74, 6) is -1.60. The number of nitrogens with one attached hydrogen (secondary N) is 2. The van der Waals surface area contributed by atoms with Gasteiger partial charge in [0.1, 0.15) is 10.4 Å². The van der Waals surface area contributed by atoms with Crippen molar-refractivity contribution in [3.05, 3.63) is 46.5 Å². The third kappa shape index (κ3) is 4.85. The Morgan fingerprint density at radius 2 is 1.95 bits per heavy atom. The van der Waals surface area contributed by atoms with Crippen molar-refractivity contribution in [2.75, 3.05) is 42.6 Å². The number of rotatable bonds is 5. The van der Waals surface area contributed by atoms with Gasteiger partial charge in [0.05, 0.1) is 21.2 Å². The summed E-state index contributed by atoms with van der Waals surface area (Å²) in [7, 11) is -4.17. The van der Waals surface area contributed by atoms with Crippen LogP contribution in [0.15, 0.2) is 35.4 Å². The van der Waals surface area contributed by atoms with Gasteiger partial charge in [-0.1, -0.05) is 0 Å². The fraction of sp³-hybridized carbons (Fsp3) is 0.444. The molecule has 5 aliphatic rings. The van der Waals surface area contributed by atoms with Crippen LogP contribution in [0.5, 0.6) is 0 Å². The van der Waals surface area contributed by atoms with E-state index in [1.54, 1.807) is 0 Å². The highest BCUT2D eigenvalue weighted by Gasteiger charge is 2.39. The van der Waals surface area contributed by atoms with Crippen LogP contribution in [0.3, 0.4) is 0 Å². The molecule has 1 aliphatic carbocycles. The molecular weight excluding hydrogens is 577 g/mol. The summed E-state index contributed by atoms with van der Waals surface area (Å²) in [5.41, 5.74) is 0.937. The van der Waals surface area contributed by atoms with Gasteiger partial charge in [0.25, 0.3) is 5.91 Å². The molecule has 1 saturated carbocycles. The maximum absolute atomic E-state index is 14.1. The molecular formula is C27H27F3N6O3S2. The topological polar surface area (TPSA) is 108 Å². The summed E-state index contributed by atoms with van der Waals surface area (Å²) < 4.78 is 91.3. The highest BCUT2D eigenvalue weighted by atomic mass is 32.2. The van der Waals surface area contributed by atoms with Gasteiger partial charge in [-0.25, -0.2) is 18.4 Å². The van der Waals surface area contributed by atoms with E-state index in [0.717, 1.165) is 43.2 Å². The number of fused-ring (bicyclic) bond motifs is 3. The van der Waals surface area contributed by atoms with Crippen LogP contribution in [0.2, 0.25) is 0 Å². The van der Waals surface area contributed by atoms with Crippen molar-refractivity contribution in [2.24, 2.45) is 0 Å². The number of amides is 1. The van der Waals surface area contributed by atoms with E-state index in [-0.39, 0.29) is 10.8 Å². The number of alkyl halides is 3. The van der Waals surface area contributed by atoms with Crippen molar-refractivity contribution in [1.29, 1.82) is 0 Å². The van der Waals surface area contributed by atoms with Crippen molar-refractivity contribution < 1.29 is 30.5 Å². The molecule has 3 aromatic rings. The lowest BCUT2D eigenvalue weighted by molar-refractivity contribution is -0.137. The number of hydrogen-bond donors (Lipinski definition) is 2. The average Bonchev–Trinajstić information content (AvgIpc) is 3.69. The second-order valence-corrected chi connectivity index (χ2v) is 14.0. The molecule has 4 fully saturated rings. The molecule has 216 valence electrons. The fourth-order valence-electron chi connectivity index (χ4n) is 5.69. The monoisotopic (exact) mass is 607 g/mol. The van der Waals surface area contributed by atoms with E-state index in [1.807, 2.05) is 12.1 Å². The van der Waals surface area contributed by atoms with Crippen molar-refractivity contribution >= 4 is 44.4 Å². The summed E-state index contributed by atoms with van der Waals surface area (Å²) in [6.07, 6.45) is -1.13. The molecule has 41 heavy (non-hydrogen) atoms. The number of halogens is 3. The maximum atomic E-state index is 14.1. The highest BCUT2D eigenvalue weighted by molar-refractivity contribution is 7.91. The first-order valence-corrected chi connectivity index (χ1v) is 15.7. The van der Waals surface area contributed by atoms with Crippen molar-refractivity contribution in [3.8, 4) is 10.6 Å². The fourth-order valence-corrected chi connectivity index (χ4v) is 8.59. The molecule has 14 heteroatoms. The number of anilines is 3. The Kier molecular flexibility index (Phi) is 5.35. The Morgan fingerprint density at radius 1 is 1.20 bits per heavy atom. The van der Waals surface area contributed by atoms with Gasteiger partial charge in [-0.15, -0.1) is 11.3 Å². The van der Waals surface area contributed by atoms with E-state index in [1.165, 1.54) is 6.42 Å². The number of sulfone groups is 1. The van der Waals surface area contributed by atoms with Crippen LogP contribution in [0.1, 0.15) is 50.1 Å². The average molecular weight is 608 g/mol. The van der Waals surface area contributed by atoms with Gasteiger partial charge in [0, 0.05) is 60.4 Å². The lowest BCUT2D eigenvalue weighted by Crippen LogP contribution is -2.67. The van der Waals surface area contributed by atoms with E-state index in [0.29, 0.717) is 46.1 Å². The van der Waals surface area contributed by atoms with Gasteiger partial charge in [-0.05, 0) is 55.0 Å². The van der Waals surface area contributed by atoms with Gasteiger partial charge in [0.2, 0.25) is 5.95 Å². The number of nitrogens with zero attached hydrogens (tertiary/aromatic N) is 4. The zero-order chi connectivity index (χ0) is 31.2. The van der Waals surface area contributed by atoms with Crippen LogP contribution in [0.25, 0.3) is 10.6 Å². The molecule has 6 heterocycles. The van der Waals surface area contributed by atoms with E-state index < -0.39 is 62.2 Å². The third-order valence-corrected chi connectivity index (χ3v) is 10.9. The van der Waals surface area contributed by atoms with Gasteiger partial charge in [0.15, 0.2) is 9.84 Å². The molecule has 3 saturated heterocycles. The molecule has 8 rings (SSSR count). The first kappa shape index (κ1) is 23.3. The first-order valence-electron chi connectivity index (χ1n) is 14.7. The van der Waals surface area contributed by atoms with Crippen LogP contribution in [0, 0.1) is 0 Å². The zero-order valence-corrected chi connectivity index (χ0v) is 23.2. The number of piperazine rings is 1.